The fourth-order valence-corrected chi connectivity index (χ4v) is 4.32. The average Bonchev–Trinajstić information content (AvgIpc) is 3.07. The fourth-order valence-electron chi connectivity index (χ4n) is 3.54. The molecule has 28 heavy (non-hydrogen) atoms. The summed E-state index contributed by atoms with van der Waals surface area (Å²) in [4.78, 5) is 19.1. The molecule has 8 heteroatoms. The first kappa shape index (κ1) is 18.5. The number of carbonyl (C=O) groups is 1. The number of hydrogen-bond acceptors (Lipinski definition) is 5. The first-order valence-electron chi connectivity index (χ1n) is 9.09. The Balaban J connectivity index is 1.70. The first-order chi connectivity index (χ1) is 13.4. The van der Waals surface area contributed by atoms with Gasteiger partial charge in [0.05, 0.1) is 12.1 Å². The molecule has 0 N–H and O–H groups in total. The van der Waals surface area contributed by atoms with Crippen molar-refractivity contribution in [3.05, 3.63) is 59.4 Å². The molecule has 0 saturated heterocycles. The van der Waals surface area contributed by atoms with Crippen molar-refractivity contribution < 1.29 is 17.9 Å². The molecule has 0 unspecified atom stereocenters. The number of rotatable bonds is 4. The molecule has 1 amide bonds. The van der Waals surface area contributed by atoms with Crippen LogP contribution in [0.3, 0.4) is 0 Å². The van der Waals surface area contributed by atoms with Gasteiger partial charge in [0.15, 0.2) is 5.69 Å². The molecular formula is C20H21N3O4S. The second kappa shape index (κ2) is 6.94. The number of aromatic nitrogens is 2. The Morgan fingerprint density at radius 1 is 1.21 bits per heavy atom. The standard InChI is InChI=1S/C20H21N3O4S/c1-3-27-16-8-7-14-9-11-22(13-15(14)12-16)19(24)18-17-6-4-5-10-23(17)20(21-18)28(2,25)26/h4-8,10,12H,3,9,11,13H2,1-2H3. The van der Waals surface area contributed by atoms with E-state index in [0.717, 1.165) is 24.0 Å². The number of amides is 1. The number of nitrogens with zero attached hydrogens (tertiary/aromatic N) is 3. The monoisotopic (exact) mass is 399 g/mol. The fraction of sp³-hybridized carbons (Fsp3) is 0.300. The maximum absolute atomic E-state index is 13.2. The number of carbonyl (C=O) groups excluding carboxylic acids is 1. The van der Waals surface area contributed by atoms with Crippen molar-refractivity contribution in [3.63, 3.8) is 0 Å². The molecule has 3 heterocycles. The van der Waals surface area contributed by atoms with Crippen LogP contribution in [0, 0.1) is 0 Å². The van der Waals surface area contributed by atoms with Gasteiger partial charge in [-0.2, -0.15) is 0 Å². The normalized spacial score (nSPS) is 14.1. The van der Waals surface area contributed by atoms with Crippen molar-refractivity contribution in [1.29, 1.82) is 0 Å². The van der Waals surface area contributed by atoms with E-state index in [1.165, 1.54) is 9.96 Å². The summed E-state index contributed by atoms with van der Waals surface area (Å²) in [6, 6.07) is 11.1. The molecule has 0 aliphatic carbocycles. The van der Waals surface area contributed by atoms with Crippen LogP contribution in [0.2, 0.25) is 0 Å². The van der Waals surface area contributed by atoms with E-state index in [0.29, 0.717) is 25.2 Å². The molecule has 2 aromatic heterocycles. The van der Waals surface area contributed by atoms with Crippen molar-refractivity contribution in [1.82, 2.24) is 14.3 Å². The largest absolute Gasteiger partial charge is 0.494 e. The molecule has 0 spiro atoms. The Hall–Kier alpha value is -2.87. The highest BCUT2D eigenvalue weighted by Crippen LogP contribution is 2.26. The van der Waals surface area contributed by atoms with Gasteiger partial charge in [0.1, 0.15) is 5.75 Å². The van der Waals surface area contributed by atoms with Crippen molar-refractivity contribution in [2.24, 2.45) is 0 Å². The Morgan fingerprint density at radius 2 is 2.04 bits per heavy atom. The Labute approximate surface area is 163 Å². The van der Waals surface area contributed by atoms with E-state index in [1.54, 1.807) is 29.3 Å². The van der Waals surface area contributed by atoms with E-state index in [2.05, 4.69) is 4.98 Å². The van der Waals surface area contributed by atoms with Gasteiger partial charge in [-0.15, -0.1) is 0 Å². The predicted octanol–water partition coefficient (Wildman–Crippen LogP) is 2.33. The van der Waals surface area contributed by atoms with Crippen molar-refractivity contribution >= 4 is 21.3 Å². The lowest BCUT2D eigenvalue weighted by Gasteiger charge is -2.28. The summed E-state index contributed by atoms with van der Waals surface area (Å²) in [6.45, 7) is 3.50. The van der Waals surface area contributed by atoms with Gasteiger partial charge in [0.25, 0.3) is 5.91 Å². The van der Waals surface area contributed by atoms with E-state index in [4.69, 9.17) is 4.74 Å². The number of imidazole rings is 1. The molecule has 7 nitrogen and oxygen atoms in total. The molecule has 0 radical (unpaired) electrons. The van der Waals surface area contributed by atoms with E-state index in [9.17, 15) is 13.2 Å². The summed E-state index contributed by atoms with van der Waals surface area (Å²) in [5, 5.41) is -0.123. The van der Waals surface area contributed by atoms with Gasteiger partial charge in [-0.1, -0.05) is 12.1 Å². The van der Waals surface area contributed by atoms with Crippen molar-refractivity contribution in [2.75, 3.05) is 19.4 Å². The van der Waals surface area contributed by atoms with Gasteiger partial charge < -0.3 is 9.64 Å². The van der Waals surface area contributed by atoms with Crippen molar-refractivity contribution in [2.45, 2.75) is 25.0 Å². The van der Waals surface area contributed by atoms with Crippen LogP contribution in [0.5, 0.6) is 5.75 Å². The molecule has 4 rings (SSSR count). The Kier molecular flexibility index (Phi) is 4.58. The van der Waals surface area contributed by atoms with E-state index >= 15 is 0 Å². The zero-order chi connectivity index (χ0) is 19.9. The summed E-state index contributed by atoms with van der Waals surface area (Å²) >= 11 is 0. The van der Waals surface area contributed by atoms with Crippen LogP contribution in [-0.4, -0.2) is 48.0 Å². The molecule has 1 aromatic carbocycles. The second-order valence-electron chi connectivity index (χ2n) is 6.81. The molecule has 146 valence electrons. The van der Waals surface area contributed by atoms with Crippen molar-refractivity contribution in [3.8, 4) is 5.75 Å². The van der Waals surface area contributed by atoms with Crippen LogP contribution in [-0.2, 0) is 22.8 Å². The Morgan fingerprint density at radius 3 is 2.79 bits per heavy atom. The minimum atomic E-state index is -3.57. The number of benzene rings is 1. The third kappa shape index (κ3) is 3.24. The number of pyridine rings is 1. The van der Waals surface area contributed by atoms with Crippen LogP contribution >= 0.6 is 0 Å². The number of fused-ring (bicyclic) bond motifs is 2. The predicted molar refractivity (Wildman–Crippen MR) is 104 cm³/mol. The molecule has 1 aliphatic rings. The van der Waals surface area contributed by atoms with Gasteiger partial charge in [-0.05, 0) is 48.7 Å². The molecule has 0 saturated carbocycles. The lowest BCUT2D eigenvalue weighted by Crippen LogP contribution is -2.36. The molecule has 0 fully saturated rings. The summed E-state index contributed by atoms with van der Waals surface area (Å²) in [7, 11) is -3.57. The second-order valence-corrected chi connectivity index (χ2v) is 8.72. The van der Waals surface area contributed by atoms with Gasteiger partial charge in [-0.25, -0.2) is 13.4 Å². The van der Waals surface area contributed by atoms with Crippen LogP contribution in [0.15, 0.2) is 47.8 Å². The molecule has 1 aliphatic heterocycles. The van der Waals surface area contributed by atoms with Crippen LogP contribution in [0.1, 0.15) is 28.5 Å². The van der Waals surface area contributed by atoms with Gasteiger partial charge in [-0.3, -0.25) is 9.20 Å². The summed E-state index contributed by atoms with van der Waals surface area (Å²) in [5.74, 6) is 0.508. The van der Waals surface area contributed by atoms with Crippen LogP contribution < -0.4 is 4.74 Å². The zero-order valence-corrected chi connectivity index (χ0v) is 16.6. The maximum atomic E-state index is 13.2. The first-order valence-corrected chi connectivity index (χ1v) is 11.0. The number of hydrogen-bond donors (Lipinski definition) is 0. The average molecular weight is 399 g/mol. The van der Waals surface area contributed by atoms with E-state index in [1.807, 2.05) is 25.1 Å². The van der Waals surface area contributed by atoms with E-state index < -0.39 is 9.84 Å². The van der Waals surface area contributed by atoms with Gasteiger partial charge >= 0.3 is 0 Å². The van der Waals surface area contributed by atoms with Crippen LogP contribution in [0.25, 0.3) is 5.52 Å². The lowest BCUT2D eigenvalue weighted by molar-refractivity contribution is 0.0730. The summed E-state index contributed by atoms with van der Waals surface area (Å²) in [6.07, 6.45) is 3.43. The molecule has 0 atom stereocenters. The van der Waals surface area contributed by atoms with Gasteiger partial charge in [0.2, 0.25) is 15.0 Å². The topological polar surface area (TPSA) is 81.0 Å². The third-order valence-corrected chi connectivity index (χ3v) is 5.79. The number of ether oxygens (including phenoxy) is 1. The quantitative estimate of drug-likeness (QED) is 0.673. The molecule has 3 aromatic rings. The highest BCUT2D eigenvalue weighted by atomic mass is 32.2. The highest BCUT2D eigenvalue weighted by molar-refractivity contribution is 7.90. The lowest BCUT2D eigenvalue weighted by atomic mass is 9.99. The minimum absolute atomic E-state index is 0.123. The minimum Gasteiger partial charge on any atom is -0.494 e. The smallest absolute Gasteiger partial charge is 0.275 e. The molecule has 0 bridgehead atoms. The Bertz CT molecular complexity index is 1170. The number of sulfone groups is 1. The van der Waals surface area contributed by atoms with Gasteiger partial charge in [0, 0.05) is 25.5 Å². The highest BCUT2D eigenvalue weighted by Gasteiger charge is 2.28. The summed E-state index contributed by atoms with van der Waals surface area (Å²) < 4.78 is 31.2. The summed E-state index contributed by atoms with van der Waals surface area (Å²) in [5.41, 5.74) is 2.88. The van der Waals surface area contributed by atoms with E-state index in [-0.39, 0.29) is 16.8 Å². The van der Waals surface area contributed by atoms with Crippen LogP contribution in [0.4, 0.5) is 0 Å². The zero-order valence-electron chi connectivity index (χ0n) is 15.8. The maximum Gasteiger partial charge on any atom is 0.275 e. The SMILES string of the molecule is CCOc1ccc2c(c1)CN(C(=O)c1nc(S(C)(=O)=O)n3ccccc13)CC2. The molecular weight excluding hydrogens is 378 g/mol. The third-order valence-electron chi connectivity index (χ3n) is 4.84.